The van der Waals surface area contributed by atoms with Gasteiger partial charge in [-0.15, -0.1) is 0 Å². The minimum absolute atomic E-state index is 0.0425. The van der Waals surface area contributed by atoms with Crippen molar-refractivity contribution < 1.29 is 18.7 Å². The number of nitrogens with zero attached hydrogens (tertiary/aromatic N) is 3. The van der Waals surface area contributed by atoms with E-state index >= 15 is 0 Å². The fourth-order valence-electron chi connectivity index (χ4n) is 2.29. The van der Waals surface area contributed by atoms with E-state index in [1.807, 2.05) is 22.6 Å². The maximum Gasteiger partial charge on any atom is 0.337 e. The van der Waals surface area contributed by atoms with Crippen LogP contribution < -0.4 is 4.31 Å². The van der Waals surface area contributed by atoms with Gasteiger partial charge in [-0.05, 0) is 52.9 Å². The zero-order valence-electron chi connectivity index (χ0n) is 11.9. The Morgan fingerprint density at radius 1 is 1.17 bits per heavy atom. The Morgan fingerprint density at radius 3 is 2.62 bits per heavy atom. The van der Waals surface area contributed by atoms with Crippen LogP contribution in [0, 0.1) is 3.57 Å². The molecule has 0 aliphatic heterocycles. The van der Waals surface area contributed by atoms with Crippen LogP contribution >= 0.6 is 22.6 Å². The predicted molar refractivity (Wildman–Crippen MR) is 96.7 cm³/mol. The number of para-hydroxylation sites is 1. The summed E-state index contributed by atoms with van der Waals surface area (Å²) in [6, 6.07) is 9.36. The third-order valence-corrected chi connectivity index (χ3v) is 4.62. The van der Waals surface area contributed by atoms with Crippen molar-refractivity contribution in [2.24, 2.45) is 0 Å². The molecule has 3 rings (SSSR count). The molecule has 0 bridgehead atoms. The van der Waals surface area contributed by atoms with Gasteiger partial charge in [0.05, 0.1) is 33.7 Å². The zero-order chi connectivity index (χ0) is 17.3. The molecule has 1 atom stereocenters. The van der Waals surface area contributed by atoms with E-state index in [1.54, 1.807) is 24.3 Å². The van der Waals surface area contributed by atoms with E-state index in [0.717, 1.165) is 4.31 Å². The Morgan fingerprint density at radius 2 is 1.92 bits per heavy atom. The predicted octanol–water partition coefficient (Wildman–Crippen LogP) is 2.86. The molecule has 9 heteroatoms. The monoisotopic (exact) mass is 454 g/mol. The summed E-state index contributed by atoms with van der Waals surface area (Å²) in [6.07, 6.45) is 2.95. The Labute approximate surface area is 152 Å². The quantitative estimate of drug-likeness (QED) is 0.480. The van der Waals surface area contributed by atoms with Gasteiger partial charge in [-0.1, -0.05) is 6.07 Å². The maximum absolute atomic E-state index is 11.9. The number of hydrogen-bond donors (Lipinski definition) is 1. The minimum atomic E-state index is -2.75. The minimum Gasteiger partial charge on any atom is -0.755 e. The van der Waals surface area contributed by atoms with Crippen molar-refractivity contribution >= 4 is 62.2 Å². The highest BCUT2D eigenvalue weighted by Crippen LogP contribution is 2.34. The van der Waals surface area contributed by atoms with E-state index in [9.17, 15) is 18.7 Å². The van der Waals surface area contributed by atoms with Crippen molar-refractivity contribution in [3.63, 3.8) is 0 Å². The molecule has 0 radical (unpaired) electrons. The van der Waals surface area contributed by atoms with Gasteiger partial charge in [0, 0.05) is 16.0 Å². The fraction of sp³-hybridized carbons (Fsp3) is 0. The third-order valence-electron chi connectivity index (χ3n) is 3.25. The number of rotatable bonds is 4. The fourth-order valence-corrected chi connectivity index (χ4v) is 3.38. The summed E-state index contributed by atoms with van der Waals surface area (Å²) in [6.45, 7) is 0. The van der Waals surface area contributed by atoms with E-state index < -0.39 is 17.2 Å². The standard InChI is InChI=1S/C15H10IN3O4S/c16-9-4-5-10(15(20)21)13(8-9)19(24(22)23)12-3-1-2-11-14(12)18-7-6-17-11/h1-8H,(H,20,21)(H,22,23)/p-1. The summed E-state index contributed by atoms with van der Waals surface area (Å²) >= 11 is -0.756. The average Bonchev–Trinajstić information content (AvgIpc) is 2.55. The lowest BCUT2D eigenvalue weighted by Gasteiger charge is -2.28. The summed E-state index contributed by atoms with van der Waals surface area (Å²) < 4.78 is 25.4. The van der Waals surface area contributed by atoms with Crippen molar-refractivity contribution in [2.75, 3.05) is 4.31 Å². The first-order chi connectivity index (χ1) is 11.5. The molecule has 0 spiro atoms. The van der Waals surface area contributed by atoms with Gasteiger partial charge < -0.3 is 9.66 Å². The largest absolute Gasteiger partial charge is 0.755 e. The molecule has 0 fully saturated rings. The summed E-state index contributed by atoms with van der Waals surface area (Å²) in [7, 11) is 0. The number of anilines is 2. The molecule has 24 heavy (non-hydrogen) atoms. The summed E-state index contributed by atoms with van der Waals surface area (Å²) in [4.78, 5) is 19.8. The second kappa shape index (κ2) is 6.79. The molecular weight excluding hydrogens is 445 g/mol. The lowest BCUT2D eigenvalue weighted by molar-refractivity contribution is 0.0698. The second-order valence-electron chi connectivity index (χ2n) is 4.68. The highest BCUT2D eigenvalue weighted by Gasteiger charge is 2.21. The number of benzene rings is 2. The molecule has 1 heterocycles. The van der Waals surface area contributed by atoms with Gasteiger partial charge in [-0.25, -0.2) is 4.79 Å². The molecule has 1 unspecified atom stereocenters. The number of carbonyl (C=O) groups is 1. The van der Waals surface area contributed by atoms with Gasteiger partial charge in [0.25, 0.3) is 0 Å². The molecule has 0 saturated carbocycles. The van der Waals surface area contributed by atoms with E-state index in [4.69, 9.17) is 0 Å². The molecule has 122 valence electrons. The number of aromatic nitrogens is 2. The van der Waals surface area contributed by atoms with Gasteiger partial charge in [0.2, 0.25) is 0 Å². The van der Waals surface area contributed by atoms with E-state index in [2.05, 4.69) is 9.97 Å². The normalized spacial score (nSPS) is 12.1. The Hall–Kier alpha value is -2.11. The number of carboxylic acids is 1. The van der Waals surface area contributed by atoms with Crippen LogP contribution in [0.15, 0.2) is 48.8 Å². The van der Waals surface area contributed by atoms with Gasteiger partial charge in [-0.3, -0.25) is 18.5 Å². The number of fused-ring (bicyclic) bond motifs is 1. The summed E-state index contributed by atoms with van der Waals surface area (Å²) in [5.41, 5.74) is 1.02. The highest BCUT2D eigenvalue weighted by atomic mass is 127. The van der Waals surface area contributed by atoms with Crippen molar-refractivity contribution in [3.8, 4) is 0 Å². The first-order valence-electron chi connectivity index (χ1n) is 6.61. The van der Waals surface area contributed by atoms with Crippen molar-refractivity contribution in [1.82, 2.24) is 9.97 Å². The van der Waals surface area contributed by atoms with Crippen molar-refractivity contribution in [1.29, 1.82) is 0 Å². The van der Waals surface area contributed by atoms with Gasteiger partial charge in [0.1, 0.15) is 5.52 Å². The zero-order valence-corrected chi connectivity index (χ0v) is 14.9. The number of halogens is 1. The molecular formula is C15H9IN3O4S-. The van der Waals surface area contributed by atoms with Crippen LogP contribution in [0.3, 0.4) is 0 Å². The molecule has 0 aliphatic carbocycles. The van der Waals surface area contributed by atoms with Crippen molar-refractivity contribution in [3.05, 3.63) is 57.9 Å². The topological polar surface area (TPSA) is 106 Å². The van der Waals surface area contributed by atoms with Crippen LogP contribution in [0.25, 0.3) is 11.0 Å². The molecule has 1 aromatic heterocycles. The molecule has 7 nitrogen and oxygen atoms in total. The van der Waals surface area contributed by atoms with Crippen LogP contribution in [0.4, 0.5) is 11.4 Å². The van der Waals surface area contributed by atoms with Gasteiger partial charge in [-0.2, -0.15) is 0 Å². The molecule has 1 N–H and O–H groups in total. The second-order valence-corrected chi connectivity index (χ2v) is 6.72. The lowest BCUT2D eigenvalue weighted by Crippen LogP contribution is -2.22. The number of hydrogen-bond acceptors (Lipinski definition) is 5. The molecule has 0 amide bonds. The van der Waals surface area contributed by atoms with Crippen LogP contribution in [0.1, 0.15) is 10.4 Å². The van der Waals surface area contributed by atoms with E-state index in [0.29, 0.717) is 14.6 Å². The summed E-state index contributed by atoms with van der Waals surface area (Å²) in [5, 5.41) is 9.39. The number of carboxylic acid groups (broad SMARTS) is 1. The van der Waals surface area contributed by atoms with Gasteiger partial charge >= 0.3 is 5.97 Å². The first-order valence-corrected chi connectivity index (χ1v) is 8.72. The molecule has 2 aromatic carbocycles. The molecule has 3 aromatic rings. The smallest absolute Gasteiger partial charge is 0.337 e. The maximum atomic E-state index is 11.9. The average molecular weight is 454 g/mol. The SMILES string of the molecule is O=C(O)c1ccc(I)cc1N(c1cccc2nccnc12)S(=O)[O-]. The highest BCUT2D eigenvalue weighted by molar-refractivity contribution is 14.1. The van der Waals surface area contributed by atoms with Crippen LogP contribution in [-0.4, -0.2) is 29.8 Å². The van der Waals surface area contributed by atoms with E-state index in [-0.39, 0.29) is 16.9 Å². The Kier molecular flexibility index (Phi) is 4.73. The summed E-state index contributed by atoms with van der Waals surface area (Å²) in [5.74, 6) is -1.22. The van der Waals surface area contributed by atoms with Crippen LogP contribution in [-0.2, 0) is 11.3 Å². The third kappa shape index (κ3) is 3.09. The van der Waals surface area contributed by atoms with Crippen LogP contribution in [0.5, 0.6) is 0 Å². The van der Waals surface area contributed by atoms with Crippen molar-refractivity contribution in [2.45, 2.75) is 0 Å². The number of aromatic carboxylic acids is 1. The van der Waals surface area contributed by atoms with Crippen LogP contribution in [0.2, 0.25) is 0 Å². The van der Waals surface area contributed by atoms with Gasteiger partial charge in [0.15, 0.2) is 0 Å². The van der Waals surface area contributed by atoms with E-state index in [1.165, 1.54) is 24.5 Å². The Bertz CT molecular complexity index is 961. The molecule has 0 aliphatic rings. The Balaban J connectivity index is 2.31. The first kappa shape index (κ1) is 16.7. The molecule has 0 saturated heterocycles. The lowest BCUT2D eigenvalue weighted by atomic mass is 10.1.